The second-order valence-corrected chi connectivity index (χ2v) is 15.2. The molecule has 2 aromatic rings. The Balaban J connectivity index is 1.37. The summed E-state index contributed by atoms with van der Waals surface area (Å²) in [4.78, 5) is 0. The summed E-state index contributed by atoms with van der Waals surface area (Å²) >= 11 is 0. The predicted octanol–water partition coefficient (Wildman–Crippen LogP) is 9.17. The van der Waals surface area contributed by atoms with Crippen LogP contribution in [-0.2, 0) is 20.3 Å². The Morgan fingerprint density at radius 2 is 0.955 bits per heavy atom. The summed E-state index contributed by atoms with van der Waals surface area (Å²) < 4.78 is 13.9. The van der Waals surface area contributed by atoms with Crippen molar-refractivity contribution < 1.29 is 9.47 Å². The monoisotopic (exact) mass is 592 g/mol. The van der Waals surface area contributed by atoms with Gasteiger partial charge in [0.1, 0.15) is 0 Å². The van der Waals surface area contributed by atoms with Crippen LogP contribution in [0.5, 0.6) is 0 Å². The third-order valence-corrected chi connectivity index (χ3v) is 11.5. The van der Waals surface area contributed by atoms with Crippen molar-refractivity contribution in [2.24, 2.45) is 35.5 Å². The lowest BCUT2D eigenvalue weighted by atomic mass is 9.64. The molecule has 4 heteroatoms. The zero-order chi connectivity index (χ0) is 31.5. The Kier molecular flexibility index (Phi) is 10.0. The zero-order valence-electron chi connectivity index (χ0n) is 27.7. The fourth-order valence-corrected chi connectivity index (χ4v) is 8.61. The first-order valence-corrected chi connectivity index (χ1v) is 17.0. The average molecular weight is 593 g/mol. The van der Waals surface area contributed by atoms with Gasteiger partial charge in [-0.3, -0.25) is 0 Å². The summed E-state index contributed by atoms with van der Waals surface area (Å²) in [6.45, 7) is 13.9. The molecule has 5 rings (SSSR count). The van der Waals surface area contributed by atoms with Crippen molar-refractivity contribution in [1.82, 2.24) is 0 Å². The van der Waals surface area contributed by atoms with Crippen LogP contribution in [0.25, 0.3) is 0 Å². The lowest BCUT2D eigenvalue weighted by Gasteiger charge is -2.47. The average Bonchev–Trinajstić information content (AvgIpc) is 3.02. The first kappa shape index (κ1) is 32.5. The van der Waals surface area contributed by atoms with Gasteiger partial charge < -0.3 is 9.47 Å². The van der Waals surface area contributed by atoms with E-state index >= 15 is 0 Å². The van der Waals surface area contributed by atoms with Crippen molar-refractivity contribution >= 4 is 0 Å². The van der Waals surface area contributed by atoms with Crippen LogP contribution < -0.4 is 0 Å². The summed E-state index contributed by atoms with van der Waals surface area (Å²) in [6, 6.07) is 26.5. The molecule has 4 nitrogen and oxygen atoms in total. The van der Waals surface area contributed by atoms with Crippen molar-refractivity contribution in [3.8, 4) is 12.1 Å². The van der Waals surface area contributed by atoms with Crippen molar-refractivity contribution in [2.45, 2.75) is 115 Å². The minimum atomic E-state index is -0.575. The van der Waals surface area contributed by atoms with E-state index in [1.54, 1.807) is 0 Å². The molecule has 0 saturated heterocycles. The molecule has 0 aliphatic heterocycles. The molecule has 3 aliphatic carbocycles. The zero-order valence-corrected chi connectivity index (χ0v) is 27.7. The molecule has 0 aromatic heterocycles. The Labute approximate surface area is 266 Å². The van der Waals surface area contributed by atoms with Gasteiger partial charge >= 0.3 is 0 Å². The molecule has 0 radical (unpaired) electrons. The minimum Gasteiger partial charge on any atom is -0.369 e. The lowest BCUT2D eigenvalue weighted by molar-refractivity contribution is -0.115. The van der Waals surface area contributed by atoms with Crippen molar-refractivity contribution in [1.29, 1.82) is 10.5 Å². The molecule has 0 heterocycles. The maximum absolute atomic E-state index is 10.5. The quantitative estimate of drug-likeness (QED) is 0.287. The summed E-state index contributed by atoms with van der Waals surface area (Å²) in [5.74, 6) is 0.638. The van der Waals surface area contributed by atoms with Gasteiger partial charge in [0.15, 0.2) is 0 Å². The summed E-state index contributed by atoms with van der Waals surface area (Å²) in [7, 11) is 0. The van der Waals surface area contributed by atoms with Crippen LogP contribution in [0.2, 0.25) is 0 Å². The first-order chi connectivity index (χ1) is 21.1. The molecule has 2 fully saturated rings. The van der Waals surface area contributed by atoms with E-state index in [4.69, 9.17) is 9.47 Å². The van der Waals surface area contributed by atoms with E-state index in [0.29, 0.717) is 23.7 Å². The van der Waals surface area contributed by atoms with Gasteiger partial charge in [-0.2, -0.15) is 10.5 Å². The van der Waals surface area contributed by atoms with Gasteiger partial charge in [0.05, 0.1) is 48.4 Å². The van der Waals surface area contributed by atoms with Gasteiger partial charge in [-0.25, -0.2) is 0 Å². The Bertz CT molecular complexity index is 1230. The molecule has 0 bridgehead atoms. The standard InChI is InChI=1S/C40H52N2O2/c1-27-17-19-33(39(3,4)29-13-9-7-10-14-29)37(23-27)43-35-21-22-36(32(26-42)31(35)25-41)44-38-24-28(2)18-20-34(38)40(5,6)30-15-11-8-12-16-30/h7-16,21-22,27-28,31-38H,17-20,23-24H2,1-6H3/t27?,28?,31-,32-,33?,34?,35-,36+,37?,38?/m0/s1. The summed E-state index contributed by atoms with van der Waals surface area (Å²) in [5.41, 5.74) is 2.51. The number of hydrogen-bond acceptors (Lipinski definition) is 4. The van der Waals surface area contributed by atoms with Gasteiger partial charge in [-0.1, -0.05) is 127 Å². The molecule has 0 spiro atoms. The number of benzene rings is 2. The van der Waals surface area contributed by atoms with Gasteiger partial charge in [-0.15, -0.1) is 0 Å². The molecule has 0 amide bonds. The van der Waals surface area contributed by atoms with E-state index < -0.39 is 24.0 Å². The maximum atomic E-state index is 10.5. The fraction of sp³-hybridized carbons (Fsp3) is 0.600. The highest BCUT2D eigenvalue weighted by molar-refractivity contribution is 5.27. The highest BCUT2D eigenvalue weighted by atomic mass is 16.5. The maximum Gasteiger partial charge on any atom is 0.0947 e. The number of nitriles is 2. The molecule has 2 aromatic carbocycles. The molecular weight excluding hydrogens is 540 g/mol. The van der Waals surface area contributed by atoms with Crippen LogP contribution >= 0.6 is 0 Å². The first-order valence-electron chi connectivity index (χ1n) is 17.0. The molecule has 3 aliphatic rings. The molecule has 2 saturated carbocycles. The molecule has 44 heavy (non-hydrogen) atoms. The topological polar surface area (TPSA) is 66.0 Å². The van der Waals surface area contributed by atoms with Crippen molar-refractivity contribution in [3.63, 3.8) is 0 Å². The van der Waals surface area contributed by atoms with E-state index in [-0.39, 0.29) is 23.0 Å². The van der Waals surface area contributed by atoms with Gasteiger partial charge in [0.2, 0.25) is 0 Å². The van der Waals surface area contributed by atoms with E-state index in [2.05, 4.69) is 114 Å². The predicted molar refractivity (Wildman–Crippen MR) is 177 cm³/mol. The molecular formula is C40H52N2O2. The van der Waals surface area contributed by atoms with Crippen LogP contribution in [-0.4, -0.2) is 24.4 Å². The fourth-order valence-electron chi connectivity index (χ4n) is 8.61. The van der Waals surface area contributed by atoms with E-state index in [1.165, 1.54) is 24.0 Å². The van der Waals surface area contributed by atoms with Crippen LogP contribution in [0.15, 0.2) is 72.8 Å². The minimum absolute atomic E-state index is 0.0199. The highest BCUT2D eigenvalue weighted by Gasteiger charge is 2.47. The second-order valence-electron chi connectivity index (χ2n) is 15.2. The summed E-state index contributed by atoms with van der Waals surface area (Å²) in [5, 5.41) is 20.9. The van der Waals surface area contributed by atoms with E-state index in [0.717, 1.165) is 25.7 Å². The van der Waals surface area contributed by atoms with Crippen LogP contribution in [0.1, 0.15) is 91.2 Å². The van der Waals surface area contributed by atoms with Crippen LogP contribution in [0.4, 0.5) is 0 Å². The Morgan fingerprint density at radius 3 is 1.30 bits per heavy atom. The highest BCUT2D eigenvalue weighted by Crippen LogP contribution is 2.47. The van der Waals surface area contributed by atoms with E-state index in [9.17, 15) is 10.5 Å². The smallest absolute Gasteiger partial charge is 0.0947 e. The van der Waals surface area contributed by atoms with Crippen molar-refractivity contribution in [3.05, 3.63) is 83.9 Å². The Morgan fingerprint density at radius 1 is 0.591 bits per heavy atom. The lowest BCUT2D eigenvalue weighted by Crippen LogP contribution is -2.49. The number of nitrogens with zero attached hydrogens (tertiary/aromatic N) is 2. The second kappa shape index (κ2) is 13.6. The molecule has 10 atom stereocenters. The van der Waals surface area contributed by atoms with Gasteiger partial charge in [-0.05, 0) is 71.3 Å². The number of rotatable bonds is 8. The van der Waals surface area contributed by atoms with E-state index in [1.807, 2.05) is 12.2 Å². The number of hydrogen-bond donors (Lipinski definition) is 0. The van der Waals surface area contributed by atoms with Gasteiger partial charge in [0.25, 0.3) is 0 Å². The molecule has 0 N–H and O–H groups in total. The molecule has 234 valence electrons. The van der Waals surface area contributed by atoms with Gasteiger partial charge in [0, 0.05) is 0 Å². The summed E-state index contributed by atoms with van der Waals surface area (Å²) in [6.07, 6.45) is 9.77. The van der Waals surface area contributed by atoms with Crippen LogP contribution in [0, 0.1) is 58.2 Å². The third kappa shape index (κ3) is 6.68. The third-order valence-electron chi connectivity index (χ3n) is 11.5. The van der Waals surface area contributed by atoms with Crippen molar-refractivity contribution in [2.75, 3.05) is 0 Å². The molecule has 6 unspecified atom stereocenters. The normalized spacial score (nSPS) is 34.5. The SMILES string of the molecule is CC1CCC(C(C)(C)c2ccccc2)C(O[C@H]2C=C[C@@H](OC3CC(C)CCC3C(C)(C)c3ccccc3)[C@@H](C#N)[C@@H]2C#N)C1. The largest absolute Gasteiger partial charge is 0.369 e. The van der Waals surface area contributed by atoms with Crippen LogP contribution in [0.3, 0.4) is 0 Å². The number of ether oxygens (including phenoxy) is 2. The Hall–Kier alpha value is -2.92.